The van der Waals surface area contributed by atoms with Gasteiger partial charge in [-0.05, 0) is 30.9 Å². The summed E-state index contributed by atoms with van der Waals surface area (Å²) in [6.45, 7) is 4.48. The molecule has 0 aliphatic carbocycles. The van der Waals surface area contributed by atoms with Gasteiger partial charge >= 0.3 is 0 Å². The van der Waals surface area contributed by atoms with E-state index in [1.165, 1.54) is 22.2 Å². The largest absolute Gasteiger partial charge is 0.311 e. The van der Waals surface area contributed by atoms with Crippen LogP contribution < -0.4 is 10.5 Å². The molecular formula is C22H21N3O2S. The van der Waals surface area contributed by atoms with Crippen LogP contribution in [-0.2, 0) is 17.8 Å². The van der Waals surface area contributed by atoms with Crippen LogP contribution in [0.4, 0.5) is 5.69 Å². The summed E-state index contributed by atoms with van der Waals surface area (Å²) in [5, 5.41) is 2.69. The molecule has 0 aliphatic rings. The van der Waals surface area contributed by atoms with Gasteiger partial charge in [-0.2, -0.15) is 0 Å². The predicted octanol–water partition coefficient (Wildman–Crippen LogP) is 4.23. The summed E-state index contributed by atoms with van der Waals surface area (Å²) < 4.78 is 1.41. The molecule has 1 amide bonds. The van der Waals surface area contributed by atoms with Crippen LogP contribution in [0.15, 0.2) is 59.7 Å². The molecule has 0 spiro atoms. The van der Waals surface area contributed by atoms with Gasteiger partial charge < -0.3 is 4.90 Å². The van der Waals surface area contributed by atoms with E-state index in [0.717, 1.165) is 32.6 Å². The number of hydrogen-bond donors (Lipinski definition) is 0. The second kappa shape index (κ2) is 7.56. The van der Waals surface area contributed by atoms with Gasteiger partial charge in [-0.1, -0.05) is 43.3 Å². The lowest BCUT2D eigenvalue weighted by Gasteiger charge is -2.23. The third-order valence-corrected chi connectivity index (χ3v) is 6.09. The molecule has 4 rings (SSSR count). The molecule has 2 aromatic heterocycles. The first kappa shape index (κ1) is 18.4. The summed E-state index contributed by atoms with van der Waals surface area (Å²) in [4.78, 5) is 33.8. The average molecular weight is 391 g/mol. The number of fused-ring (bicyclic) bond motifs is 2. The van der Waals surface area contributed by atoms with Crippen molar-refractivity contribution < 1.29 is 4.79 Å². The van der Waals surface area contributed by atoms with Gasteiger partial charge in [-0.15, -0.1) is 11.3 Å². The molecule has 6 heteroatoms. The minimum absolute atomic E-state index is 0.0316. The molecule has 0 bridgehead atoms. The summed E-state index contributed by atoms with van der Waals surface area (Å²) in [7, 11) is 0. The molecule has 142 valence electrons. The van der Waals surface area contributed by atoms with Crippen molar-refractivity contribution in [1.82, 2.24) is 9.55 Å². The van der Waals surface area contributed by atoms with Gasteiger partial charge in [0.25, 0.3) is 5.56 Å². The zero-order valence-corrected chi connectivity index (χ0v) is 16.7. The first-order valence-corrected chi connectivity index (χ1v) is 10.2. The Morgan fingerprint density at radius 2 is 1.89 bits per heavy atom. The highest BCUT2D eigenvalue weighted by Gasteiger charge is 2.18. The van der Waals surface area contributed by atoms with Crippen LogP contribution in [0.25, 0.3) is 21.0 Å². The Labute approximate surface area is 166 Å². The number of likely N-dealkylation sites (N-methyl/N-ethyl adjacent to an activating group) is 1. The third-order valence-electron chi connectivity index (χ3n) is 4.90. The summed E-state index contributed by atoms with van der Waals surface area (Å²) in [6.07, 6.45) is 2.35. The van der Waals surface area contributed by atoms with Crippen LogP contribution >= 0.6 is 11.3 Å². The van der Waals surface area contributed by atoms with Crippen LogP contribution in [0.2, 0.25) is 0 Å². The number of anilines is 1. The Bertz CT molecular complexity index is 1220. The van der Waals surface area contributed by atoms with Gasteiger partial charge in [-0.3, -0.25) is 14.2 Å². The van der Waals surface area contributed by atoms with Crippen molar-refractivity contribution in [2.24, 2.45) is 0 Å². The van der Waals surface area contributed by atoms with E-state index in [9.17, 15) is 9.59 Å². The number of thiophene rings is 1. The zero-order chi connectivity index (χ0) is 19.7. The molecule has 0 aliphatic heterocycles. The quantitative estimate of drug-likeness (QED) is 0.512. The van der Waals surface area contributed by atoms with Crippen molar-refractivity contribution in [3.63, 3.8) is 0 Å². The van der Waals surface area contributed by atoms with Crippen molar-refractivity contribution in [2.45, 2.75) is 26.8 Å². The van der Waals surface area contributed by atoms with E-state index < -0.39 is 0 Å². The molecule has 0 radical (unpaired) electrons. The standard InChI is InChI=1S/C22H21N3O2S/c1-3-16-12-18-21(28-16)23-14-24(22(18)27)13-20(26)25(4-2)19-11-7-9-15-8-5-6-10-17(15)19/h5-12,14H,3-4,13H2,1-2H3. The minimum Gasteiger partial charge on any atom is -0.311 e. The van der Waals surface area contributed by atoms with E-state index in [4.69, 9.17) is 0 Å². The molecule has 2 heterocycles. The fourth-order valence-corrected chi connectivity index (χ4v) is 4.38. The number of amides is 1. The lowest BCUT2D eigenvalue weighted by atomic mass is 10.1. The van der Waals surface area contributed by atoms with Gasteiger partial charge in [0.1, 0.15) is 11.4 Å². The van der Waals surface area contributed by atoms with Crippen molar-refractivity contribution in [1.29, 1.82) is 0 Å². The Hall–Kier alpha value is -2.99. The number of carbonyl (C=O) groups excluding carboxylic acids is 1. The molecule has 4 aromatic rings. The smallest absolute Gasteiger partial charge is 0.262 e. The third kappa shape index (κ3) is 3.20. The van der Waals surface area contributed by atoms with Crippen LogP contribution in [0, 0.1) is 0 Å². The van der Waals surface area contributed by atoms with E-state index >= 15 is 0 Å². The molecule has 0 fully saturated rings. The second-order valence-corrected chi connectivity index (χ2v) is 7.71. The molecule has 0 saturated heterocycles. The molecule has 0 unspecified atom stereocenters. The monoisotopic (exact) mass is 391 g/mol. The summed E-state index contributed by atoms with van der Waals surface area (Å²) in [5.41, 5.74) is 0.694. The van der Waals surface area contributed by atoms with E-state index in [0.29, 0.717) is 11.9 Å². The highest BCUT2D eigenvalue weighted by molar-refractivity contribution is 7.18. The van der Waals surface area contributed by atoms with E-state index in [1.807, 2.05) is 55.5 Å². The Morgan fingerprint density at radius 1 is 1.11 bits per heavy atom. The molecule has 0 atom stereocenters. The Kier molecular flexibility index (Phi) is 4.96. The molecule has 0 saturated carbocycles. The number of aromatic nitrogens is 2. The summed E-state index contributed by atoms with van der Waals surface area (Å²) >= 11 is 1.53. The maximum atomic E-state index is 13.1. The fraction of sp³-hybridized carbons (Fsp3) is 0.227. The van der Waals surface area contributed by atoms with Crippen LogP contribution in [0.1, 0.15) is 18.7 Å². The predicted molar refractivity (Wildman–Crippen MR) is 115 cm³/mol. The zero-order valence-electron chi connectivity index (χ0n) is 15.9. The molecule has 0 N–H and O–H groups in total. The maximum absolute atomic E-state index is 13.1. The van der Waals surface area contributed by atoms with E-state index in [2.05, 4.69) is 11.9 Å². The molecular weight excluding hydrogens is 370 g/mol. The van der Waals surface area contributed by atoms with E-state index in [-0.39, 0.29) is 18.0 Å². The SMILES string of the molecule is CCc1cc2c(=O)n(CC(=O)N(CC)c3cccc4ccccc34)cnc2s1. The first-order valence-electron chi connectivity index (χ1n) is 9.38. The number of aryl methyl sites for hydroxylation is 1. The van der Waals surface area contributed by atoms with Crippen LogP contribution in [0.5, 0.6) is 0 Å². The normalized spacial score (nSPS) is 11.2. The number of rotatable bonds is 5. The van der Waals surface area contributed by atoms with Crippen molar-refractivity contribution in [3.8, 4) is 0 Å². The fourth-order valence-electron chi connectivity index (χ4n) is 3.45. The van der Waals surface area contributed by atoms with Crippen LogP contribution in [0.3, 0.4) is 0 Å². The summed E-state index contributed by atoms with van der Waals surface area (Å²) in [6, 6.07) is 15.8. The second-order valence-electron chi connectivity index (χ2n) is 6.60. The number of nitrogens with zero attached hydrogens (tertiary/aromatic N) is 3. The van der Waals surface area contributed by atoms with Gasteiger partial charge in [0.2, 0.25) is 5.91 Å². The molecule has 28 heavy (non-hydrogen) atoms. The summed E-state index contributed by atoms with van der Waals surface area (Å²) in [5.74, 6) is -0.131. The number of carbonyl (C=O) groups is 1. The number of benzene rings is 2. The topological polar surface area (TPSA) is 55.2 Å². The van der Waals surface area contributed by atoms with Crippen molar-refractivity contribution in [3.05, 3.63) is 70.1 Å². The lowest BCUT2D eigenvalue weighted by Crippen LogP contribution is -2.36. The minimum atomic E-state index is -0.164. The molecule has 2 aromatic carbocycles. The molecule has 5 nitrogen and oxygen atoms in total. The highest BCUT2D eigenvalue weighted by Crippen LogP contribution is 2.27. The maximum Gasteiger partial charge on any atom is 0.262 e. The van der Waals surface area contributed by atoms with Gasteiger partial charge in [0, 0.05) is 16.8 Å². The Balaban J connectivity index is 1.69. The van der Waals surface area contributed by atoms with Gasteiger partial charge in [0.15, 0.2) is 0 Å². The van der Waals surface area contributed by atoms with Crippen molar-refractivity contribution >= 4 is 43.9 Å². The van der Waals surface area contributed by atoms with Gasteiger partial charge in [0.05, 0.1) is 17.4 Å². The Morgan fingerprint density at radius 3 is 2.68 bits per heavy atom. The first-order chi connectivity index (χ1) is 13.6. The van der Waals surface area contributed by atoms with Crippen LogP contribution in [-0.4, -0.2) is 22.0 Å². The van der Waals surface area contributed by atoms with E-state index in [1.54, 1.807) is 4.90 Å². The lowest BCUT2D eigenvalue weighted by molar-refractivity contribution is -0.119. The number of hydrogen-bond acceptors (Lipinski definition) is 4. The van der Waals surface area contributed by atoms with Gasteiger partial charge in [-0.25, -0.2) is 4.98 Å². The van der Waals surface area contributed by atoms with Crippen molar-refractivity contribution in [2.75, 3.05) is 11.4 Å². The average Bonchev–Trinajstić information content (AvgIpc) is 3.15. The highest BCUT2D eigenvalue weighted by atomic mass is 32.1.